The smallest absolute Gasteiger partial charge is 0.0939 e. The van der Waals surface area contributed by atoms with E-state index < -0.39 is 0 Å². The van der Waals surface area contributed by atoms with Gasteiger partial charge in [-0.05, 0) is 0 Å². The molecular weight excluding hydrogens is 171 g/mol. The van der Waals surface area contributed by atoms with E-state index in [2.05, 4.69) is 27.7 Å². The average molecular weight is 198 g/mol. The average Bonchev–Trinajstić information content (AvgIpc) is 2.09. The molecule has 0 saturated heterocycles. The van der Waals surface area contributed by atoms with E-state index in [-0.39, 0.29) is 14.1 Å². The Hall–Kier alpha value is 0.532. The van der Waals surface area contributed by atoms with Gasteiger partial charge in [-0.2, -0.15) is 0 Å². The molecule has 0 unspecified atom stereocenters. The summed E-state index contributed by atoms with van der Waals surface area (Å²) in [5.74, 6) is 0.949. The summed E-state index contributed by atoms with van der Waals surface area (Å²) in [6.45, 7) is 9.41. The van der Waals surface area contributed by atoms with Gasteiger partial charge < -0.3 is 0 Å². The molecule has 0 heterocycles. The molecule has 0 radical (unpaired) electrons. The molecule has 0 N–H and O–H groups in total. The van der Waals surface area contributed by atoms with E-state index in [9.17, 15) is 0 Å². The third-order valence-electron chi connectivity index (χ3n) is 2.74. The van der Waals surface area contributed by atoms with Crippen LogP contribution < -0.4 is 0 Å². The molecule has 0 aliphatic rings. The van der Waals surface area contributed by atoms with E-state index in [1.165, 1.54) is 25.7 Å². The number of hydrogen-bond donors (Lipinski definition) is 0. The van der Waals surface area contributed by atoms with Crippen LogP contribution in [0.5, 0.6) is 0 Å². The van der Waals surface area contributed by atoms with Crippen molar-refractivity contribution in [2.75, 3.05) is 0 Å². The molecule has 0 aromatic heterocycles. The molecule has 78 valence electrons. The Morgan fingerprint density at radius 1 is 0.923 bits per heavy atom. The maximum absolute atomic E-state index is 2.39. The fourth-order valence-electron chi connectivity index (χ4n) is 2.03. The Morgan fingerprint density at radius 2 is 1.38 bits per heavy atom. The fraction of sp³-hybridized carbons (Fsp3) is 1.00. The van der Waals surface area contributed by atoms with Crippen LogP contribution in [0.2, 0.25) is 15.8 Å². The van der Waals surface area contributed by atoms with Crippen LogP contribution in [-0.4, -0.2) is 14.1 Å². The summed E-state index contributed by atoms with van der Waals surface area (Å²) in [6.07, 6.45) is 5.78. The topological polar surface area (TPSA) is 0 Å². The van der Waals surface area contributed by atoms with E-state index in [4.69, 9.17) is 0 Å². The van der Waals surface area contributed by atoms with Crippen molar-refractivity contribution >= 4 is 14.1 Å². The largest absolute Gasteiger partial charge is 0.262 e. The molecule has 0 fully saturated rings. The molecule has 13 heavy (non-hydrogen) atoms. The summed E-state index contributed by atoms with van der Waals surface area (Å²) < 4.78 is 0. The Labute approximate surface area is 89.5 Å². The van der Waals surface area contributed by atoms with Crippen LogP contribution in [0.15, 0.2) is 0 Å². The van der Waals surface area contributed by atoms with Crippen LogP contribution in [0, 0.1) is 5.92 Å². The highest BCUT2D eigenvalue weighted by Gasteiger charge is 2.16. The van der Waals surface area contributed by atoms with Crippen molar-refractivity contribution in [3.05, 3.63) is 0 Å². The molecule has 0 nitrogen and oxygen atoms in total. The van der Waals surface area contributed by atoms with Gasteiger partial charge in [0.15, 0.2) is 0 Å². The van der Waals surface area contributed by atoms with E-state index in [1.807, 2.05) is 0 Å². The minimum atomic E-state index is -0.327. The lowest BCUT2D eigenvalue weighted by Crippen LogP contribution is -2.14. The summed E-state index contributed by atoms with van der Waals surface area (Å²) in [5.41, 5.74) is 0. The zero-order valence-corrected chi connectivity index (χ0v) is 11.3. The Balaban J connectivity index is 3.60. The predicted octanol–water partition coefficient (Wildman–Crippen LogP) is 4.74. The van der Waals surface area contributed by atoms with Crippen molar-refractivity contribution in [1.82, 2.24) is 0 Å². The first-order chi connectivity index (χ1) is 6.20. The second kappa shape index (κ2) is 9.10. The lowest BCUT2D eigenvalue weighted by atomic mass is 10.3. The first-order valence-electron chi connectivity index (χ1n) is 6.20. The normalized spacial score (nSPS) is 10.8. The van der Waals surface area contributed by atoms with Crippen molar-refractivity contribution in [2.24, 2.45) is 5.92 Å². The second-order valence-corrected chi connectivity index (χ2v) is 8.14. The molecule has 0 aromatic rings. The lowest BCUT2D eigenvalue weighted by Gasteiger charge is -2.13. The minimum absolute atomic E-state index is 0.327. The van der Waals surface area contributed by atoms with Gasteiger partial charge in [-0.15, -0.1) is 0 Å². The standard InChI is InChI=1S/3C4H9.Al/c1-4(2)3;2*1-3-4-2;/h4H,1H2,2-3H3;2*1,3-4H2,2H3;. The highest BCUT2D eigenvalue weighted by molar-refractivity contribution is 6.58. The molecule has 0 aliphatic heterocycles. The second-order valence-electron chi connectivity index (χ2n) is 4.78. The molecule has 0 rings (SSSR count). The maximum Gasteiger partial charge on any atom is 0.262 e. The van der Waals surface area contributed by atoms with Gasteiger partial charge in [-0.3, -0.25) is 0 Å². The molecular formula is C12H27Al. The van der Waals surface area contributed by atoms with Gasteiger partial charge in [0.05, 0.1) is 0 Å². The third-order valence-corrected chi connectivity index (χ3v) is 6.80. The van der Waals surface area contributed by atoms with Gasteiger partial charge in [0, 0.05) is 0 Å². The van der Waals surface area contributed by atoms with Gasteiger partial charge in [0.25, 0.3) is 14.1 Å². The Bertz CT molecular complexity index is 91.3. The molecule has 0 aliphatic carbocycles. The van der Waals surface area contributed by atoms with Crippen LogP contribution in [0.25, 0.3) is 0 Å². The van der Waals surface area contributed by atoms with Crippen LogP contribution in [0.1, 0.15) is 53.4 Å². The summed E-state index contributed by atoms with van der Waals surface area (Å²) >= 11 is -0.327. The summed E-state index contributed by atoms with van der Waals surface area (Å²) in [7, 11) is 0. The number of unbranched alkanes of at least 4 members (excludes halogenated alkanes) is 2. The molecule has 0 aromatic carbocycles. The Kier molecular flexibility index (Phi) is 9.47. The monoisotopic (exact) mass is 198 g/mol. The molecule has 0 amide bonds. The van der Waals surface area contributed by atoms with Gasteiger partial charge in [0.1, 0.15) is 0 Å². The molecule has 0 bridgehead atoms. The van der Waals surface area contributed by atoms with E-state index in [1.54, 1.807) is 15.8 Å². The predicted molar refractivity (Wildman–Crippen MR) is 64.8 cm³/mol. The quantitative estimate of drug-likeness (QED) is 0.494. The van der Waals surface area contributed by atoms with Crippen molar-refractivity contribution in [1.29, 1.82) is 0 Å². The van der Waals surface area contributed by atoms with Gasteiger partial charge in [-0.25, -0.2) is 0 Å². The molecule has 1 heteroatoms. The van der Waals surface area contributed by atoms with E-state index in [0.29, 0.717) is 0 Å². The van der Waals surface area contributed by atoms with Crippen LogP contribution in [0.3, 0.4) is 0 Å². The summed E-state index contributed by atoms with van der Waals surface area (Å²) in [5, 5.41) is 4.80. The fourth-order valence-corrected chi connectivity index (χ4v) is 6.10. The number of rotatable bonds is 8. The van der Waals surface area contributed by atoms with Crippen molar-refractivity contribution in [3.63, 3.8) is 0 Å². The molecule has 0 saturated carbocycles. The van der Waals surface area contributed by atoms with Crippen LogP contribution in [-0.2, 0) is 0 Å². The Morgan fingerprint density at radius 3 is 1.69 bits per heavy atom. The molecule has 0 atom stereocenters. The van der Waals surface area contributed by atoms with Crippen molar-refractivity contribution < 1.29 is 0 Å². The third kappa shape index (κ3) is 8.85. The van der Waals surface area contributed by atoms with Gasteiger partial charge in [0.2, 0.25) is 0 Å². The minimum Gasteiger partial charge on any atom is -0.0939 e. The van der Waals surface area contributed by atoms with E-state index >= 15 is 0 Å². The van der Waals surface area contributed by atoms with Crippen LogP contribution in [0.4, 0.5) is 0 Å². The zero-order valence-electron chi connectivity index (χ0n) is 10.1. The number of hydrogen-bond acceptors (Lipinski definition) is 0. The maximum atomic E-state index is 2.39. The summed E-state index contributed by atoms with van der Waals surface area (Å²) in [6, 6.07) is 0. The first-order valence-corrected chi connectivity index (χ1v) is 8.65. The SMILES string of the molecule is CCC[CH2][Al]([CH2]CCC)[CH2]C(C)C. The highest BCUT2D eigenvalue weighted by atomic mass is 27.2. The lowest BCUT2D eigenvalue weighted by molar-refractivity contribution is 0.711. The van der Waals surface area contributed by atoms with Crippen molar-refractivity contribution in [2.45, 2.75) is 69.2 Å². The highest BCUT2D eigenvalue weighted by Crippen LogP contribution is 2.17. The van der Waals surface area contributed by atoms with Gasteiger partial charge >= 0.3 is 0 Å². The summed E-state index contributed by atoms with van der Waals surface area (Å²) in [4.78, 5) is 0. The zero-order chi connectivity index (χ0) is 10.1. The van der Waals surface area contributed by atoms with Gasteiger partial charge in [-0.1, -0.05) is 75.1 Å². The molecule has 0 spiro atoms. The van der Waals surface area contributed by atoms with Crippen molar-refractivity contribution in [3.8, 4) is 0 Å². The van der Waals surface area contributed by atoms with E-state index in [0.717, 1.165) is 5.92 Å². The first kappa shape index (κ1) is 13.5. The van der Waals surface area contributed by atoms with Crippen LogP contribution >= 0.6 is 0 Å².